The molecule has 0 radical (unpaired) electrons. The van der Waals surface area contributed by atoms with Gasteiger partial charge in [-0.3, -0.25) is 14.3 Å². The molecule has 3 rings (SSSR count). The number of piperidine rings is 1. The van der Waals surface area contributed by atoms with Crippen molar-refractivity contribution < 1.29 is 9.59 Å². The fourth-order valence-electron chi connectivity index (χ4n) is 3.14. The van der Waals surface area contributed by atoms with Crippen LogP contribution in [0.5, 0.6) is 0 Å². The molecule has 0 bridgehead atoms. The fraction of sp³-hybridized carbons (Fsp3) is 0.643. The van der Waals surface area contributed by atoms with Gasteiger partial charge in [0.15, 0.2) is 0 Å². The molecule has 20 heavy (non-hydrogen) atoms. The van der Waals surface area contributed by atoms with Gasteiger partial charge < -0.3 is 10.2 Å². The average molecular weight is 276 g/mol. The number of carbonyl (C=O) groups excluding carboxylic acids is 2. The maximum Gasteiger partial charge on any atom is 0.224 e. The lowest BCUT2D eigenvalue weighted by molar-refractivity contribution is -0.133. The number of amides is 2. The average Bonchev–Trinajstić information content (AvgIpc) is 3.08. The Morgan fingerprint density at radius 1 is 1.40 bits per heavy atom. The molecule has 1 aromatic heterocycles. The first-order valence-electron chi connectivity index (χ1n) is 7.19. The standard InChI is InChI=1S/C14H20N4O2/c19-12-10-14(11-15-12)3-8-17(9-4-14)13(20)2-7-18-6-1-5-16-18/h1,5-6H,2-4,7-11H2,(H,15,19). The molecule has 0 unspecified atom stereocenters. The van der Waals surface area contributed by atoms with E-state index in [9.17, 15) is 9.59 Å². The molecule has 108 valence electrons. The van der Waals surface area contributed by atoms with Crippen molar-refractivity contribution in [2.45, 2.75) is 32.2 Å². The van der Waals surface area contributed by atoms with E-state index >= 15 is 0 Å². The van der Waals surface area contributed by atoms with Crippen LogP contribution in [0, 0.1) is 5.41 Å². The summed E-state index contributed by atoms with van der Waals surface area (Å²) in [5, 5.41) is 7.01. The Kier molecular flexibility index (Phi) is 3.46. The van der Waals surface area contributed by atoms with E-state index in [0.717, 1.165) is 32.5 Å². The van der Waals surface area contributed by atoms with Crippen LogP contribution in [0.4, 0.5) is 0 Å². The number of hydrogen-bond acceptors (Lipinski definition) is 3. The zero-order valence-electron chi connectivity index (χ0n) is 11.5. The van der Waals surface area contributed by atoms with Gasteiger partial charge >= 0.3 is 0 Å². The summed E-state index contributed by atoms with van der Waals surface area (Å²) in [7, 11) is 0. The number of aromatic nitrogens is 2. The molecule has 6 heteroatoms. The van der Waals surface area contributed by atoms with Gasteiger partial charge in [0.2, 0.25) is 11.8 Å². The summed E-state index contributed by atoms with van der Waals surface area (Å²) in [6.07, 6.45) is 6.57. The zero-order valence-corrected chi connectivity index (χ0v) is 11.5. The predicted molar refractivity (Wildman–Crippen MR) is 72.7 cm³/mol. The highest BCUT2D eigenvalue weighted by Crippen LogP contribution is 2.37. The molecule has 0 aliphatic carbocycles. The van der Waals surface area contributed by atoms with Gasteiger partial charge in [-0.25, -0.2) is 0 Å². The van der Waals surface area contributed by atoms with Crippen molar-refractivity contribution in [2.24, 2.45) is 5.41 Å². The molecule has 1 spiro atoms. The normalized spacial score (nSPS) is 21.2. The largest absolute Gasteiger partial charge is 0.356 e. The highest BCUT2D eigenvalue weighted by molar-refractivity contribution is 5.79. The summed E-state index contributed by atoms with van der Waals surface area (Å²) in [6.45, 7) is 2.95. The molecule has 2 aliphatic rings. The van der Waals surface area contributed by atoms with Crippen molar-refractivity contribution in [1.82, 2.24) is 20.0 Å². The van der Waals surface area contributed by atoms with Crippen LogP contribution in [0.15, 0.2) is 18.5 Å². The van der Waals surface area contributed by atoms with Crippen LogP contribution in [-0.4, -0.2) is 46.1 Å². The molecule has 1 aromatic rings. The minimum absolute atomic E-state index is 0.107. The minimum Gasteiger partial charge on any atom is -0.356 e. The van der Waals surface area contributed by atoms with E-state index < -0.39 is 0 Å². The number of rotatable bonds is 3. The molecule has 2 saturated heterocycles. The molecular formula is C14H20N4O2. The Labute approximate surface area is 118 Å². The van der Waals surface area contributed by atoms with Crippen molar-refractivity contribution in [3.05, 3.63) is 18.5 Å². The number of nitrogens with one attached hydrogen (secondary N) is 1. The molecule has 0 aromatic carbocycles. The zero-order chi connectivity index (χ0) is 14.0. The quantitative estimate of drug-likeness (QED) is 0.869. The summed E-state index contributed by atoms with van der Waals surface area (Å²) in [6, 6.07) is 1.86. The number of aryl methyl sites for hydroxylation is 1. The van der Waals surface area contributed by atoms with Crippen molar-refractivity contribution in [3.63, 3.8) is 0 Å². The van der Waals surface area contributed by atoms with Gasteiger partial charge in [0.1, 0.15) is 0 Å². The van der Waals surface area contributed by atoms with Gasteiger partial charge in [-0.1, -0.05) is 0 Å². The number of nitrogens with zero attached hydrogens (tertiary/aromatic N) is 3. The van der Waals surface area contributed by atoms with Crippen LogP contribution in [-0.2, 0) is 16.1 Å². The SMILES string of the molecule is O=C1CC2(CCN(C(=O)CCn3cccn3)CC2)CN1. The summed E-state index contributed by atoms with van der Waals surface area (Å²) in [5.74, 6) is 0.344. The number of hydrogen-bond donors (Lipinski definition) is 1. The summed E-state index contributed by atoms with van der Waals surface area (Å²) < 4.78 is 1.78. The van der Waals surface area contributed by atoms with E-state index in [4.69, 9.17) is 0 Å². The summed E-state index contributed by atoms with van der Waals surface area (Å²) in [5.41, 5.74) is 0.107. The molecule has 2 amide bonds. The second kappa shape index (κ2) is 5.26. The van der Waals surface area contributed by atoms with E-state index in [1.807, 2.05) is 17.2 Å². The van der Waals surface area contributed by atoms with E-state index in [-0.39, 0.29) is 17.2 Å². The Morgan fingerprint density at radius 3 is 2.80 bits per heavy atom. The monoisotopic (exact) mass is 276 g/mol. The van der Waals surface area contributed by atoms with Gasteiger partial charge in [0, 0.05) is 51.4 Å². The second-order valence-corrected chi connectivity index (χ2v) is 5.85. The van der Waals surface area contributed by atoms with Crippen molar-refractivity contribution >= 4 is 11.8 Å². The maximum absolute atomic E-state index is 12.2. The number of likely N-dealkylation sites (tertiary alicyclic amines) is 1. The molecular weight excluding hydrogens is 256 g/mol. The Morgan fingerprint density at radius 2 is 2.20 bits per heavy atom. The van der Waals surface area contributed by atoms with Crippen molar-refractivity contribution in [1.29, 1.82) is 0 Å². The molecule has 3 heterocycles. The molecule has 0 atom stereocenters. The highest BCUT2D eigenvalue weighted by Gasteiger charge is 2.41. The second-order valence-electron chi connectivity index (χ2n) is 5.85. The Hall–Kier alpha value is -1.85. The van der Waals surface area contributed by atoms with Crippen LogP contribution in [0.1, 0.15) is 25.7 Å². The Bertz CT molecular complexity index is 489. The lowest BCUT2D eigenvalue weighted by Gasteiger charge is -2.38. The molecule has 6 nitrogen and oxygen atoms in total. The molecule has 2 aliphatic heterocycles. The van der Waals surface area contributed by atoms with Gasteiger partial charge in [-0.2, -0.15) is 5.10 Å². The van der Waals surface area contributed by atoms with Gasteiger partial charge in [0.25, 0.3) is 0 Å². The van der Waals surface area contributed by atoms with Crippen molar-refractivity contribution in [3.8, 4) is 0 Å². The Balaban J connectivity index is 1.48. The van der Waals surface area contributed by atoms with Crippen molar-refractivity contribution in [2.75, 3.05) is 19.6 Å². The summed E-state index contributed by atoms with van der Waals surface area (Å²) in [4.78, 5) is 25.5. The van der Waals surface area contributed by atoms with Crippen LogP contribution in [0.25, 0.3) is 0 Å². The lowest BCUT2D eigenvalue weighted by atomic mass is 9.77. The minimum atomic E-state index is 0.107. The van der Waals surface area contributed by atoms with E-state index in [2.05, 4.69) is 10.4 Å². The number of carbonyl (C=O) groups is 2. The lowest BCUT2D eigenvalue weighted by Crippen LogP contribution is -2.44. The molecule has 1 N–H and O–H groups in total. The molecule has 2 fully saturated rings. The van der Waals surface area contributed by atoms with Crippen LogP contribution < -0.4 is 5.32 Å². The fourth-order valence-corrected chi connectivity index (χ4v) is 3.14. The van der Waals surface area contributed by atoms with Crippen LogP contribution >= 0.6 is 0 Å². The highest BCUT2D eigenvalue weighted by atomic mass is 16.2. The smallest absolute Gasteiger partial charge is 0.224 e. The predicted octanol–water partition coefficient (Wildman–Crippen LogP) is 0.402. The van der Waals surface area contributed by atoms with E-state index in [1.54, 1.807) is 10.9 Å². The van der Waals surface area contributed by atoms with Crippen LogP contribution in [0.3, 0.4) is 0 Å². The van der Waals surface area contributed by atoms with Gasteiger partial charge in [-0.05, 0) is 24.3 Å². The first-order chi connectivity index (χ1) is 9.67. The maximum atomic E-state index is 12.2. The van der Waals surface area contributed by atoms with E-state index in [0.29, 0.717) is 19.4 Å². The third kappa shape index (κ3) is 2.69. The topological polar surface area (TPSA) is 67.2 Å². The third-order valence-electron chi connectivity index (χ3n) is 4.49. The summed E-state index contributed by atoms with van der Waals surface area (Å²) >= 11 is 0. The molecule has 0 saturated carbocycles. The first kappa shape index (κ1) is 13.1. The van der Waals surface area contributed by atoms with Gasteiger partial charge in [0.05, 0.1) is 0 Å². The van der Waals surface area contributed by atoms with E-state index in [1.165, 1.54) is 0 Å². The first-order valence-corrected chi connectivity index (χ1v) is 7.19. The van der Waals surface area contributed by atoms with Crippen LogP contribution in [0.2, 0.25) is 0 Å². The van der Waals surface area contributed by atoms with Gasteiger partial charge in [-0.15, -0.1) is 0 Å². The third-order valence-corrected chi connectivity index (χ3v) is 4.49.